The summed E-state index contributed by atoms with van der Waals surface area (Å²) in [4.78, 5) is 0. The Hall–Kier alpha value is -0.730. The fraction of sp³-hybridized carbons (Fsp3) is 0.917. The van der Waals surface area contributed by atoms with Crippen LogP contribution in [0.4, 0.5) is 0 Å². The summed E-state index contributed by atoms with van der Waals surface area (Å²) in [6, 6.07) is 0. The van der Waals surface area contributed by atoms with Crippen molar-refractivity contribution in [2.45, 2.75) is 63.7 Å². The number of hydrogen-bond donors (Lipinski definition) is 2. The van der Waals surface area contributed by atoms with Crippen molar-refractivity contribution in [2.75, 3.05) is 6.61 Å². The van der Waals surface area contributed by atoms with E-state index in [1.165, 1.54) is 6.21 Å². The van der Waals surface area contributed by atoms with Crippen LogP contribution in [0.5, 0.6) is 0 Å². The topological polar surface area (TPSA) is 89.7 Å². The van der Waals surface area contributed by atoms with Crippen molar-refractivity contribution < 1.29 is 29.3 Å². The second kappa shape index (κ2) is 4.99. The molecule has 2 aliphatic rings. The van der Waals surface area contributed by atoms with E-state index in [1.54, 1.807) is 27.7 Å². The summed E-state index contributed by atoms with van der Waals surface area (Å²) in [5.74, 6) is -1.58. The minimum absolute atomic E-state index is 0.275. The van der Waals surface area contributed by atoms with Crippen molar-refractivity contribution >= 4 is 6.21 Å². The van der Waals surface area contributed by atoms with E-state index in [2.05, 4.69) is 5.16 Å². The van der Waals surface area contributed by atoms with Crippen molar-refractivity contribution in [3.63, 3.8) is 0 Å². The molecule has 2 heterocycles. The first-order chi connectivity index (χ1) is 8.74. The number of nitrogens with zero attached hydrogens (tertiary/aromatic N) is 1. The van der Waals surface area contributed by atoms with Gasteiger partial charge in [0.2, 0.25) is 0 Å². The highest BCUT2D eigenvalue weighted by atomic mass is 16.8. The molecule has 2 saturated heterocycles. The highest BCUT2D eigenvalue weighted by Gasteiger charge is 2.49. The molecule has 2 fully saturated rings. The zero-order chi connectivity index (χ0) is 14.3. The molecule has 0 saturated carbocycles. The van der Waals surface area contributed by atoms with E-state index in [-0.39, 0.29) is 6.61 Å². The number of aliphatic hydroxyl groups excluding tert-OH is 1. The van der Waals surface area contributed by atoms with Crippen LogP contribution in [0.25, 0.3) is 0 Å². The molecular weight excluding hydrogens is 254 g/mol. The Morgan fingerprint density at radius 2 is 1.84 bits per heavy atom. The van der Waals surface area contributed by atoms with Gasteiger partial charge in [-0.25, -0.2) is 0 Å². The van der Waals surface area contributed by atoms with E-state index in [4.69, 9.17) is 24.2 Å². The molecule has 0 spiro atoms. The molecule has 0 radical (unpaired) electrons. The van der Waals surface area contributed by atoms with Gasteiger partial charge in [-0.15, -0.1) is 0 Å². The van der Waals surface area contributed by atoms with Crippen molar-refractivity contribution in [2.24, 2.45) is 5.16 Å². The standard InChI is InChI=1S/C12H21NO6/c1-11(2)16-6-8(18-11)9(14)10-7(5-13-15)17-12(3,4)19-10/h5,7-10,14-15H,6H2,1-4H3/b13-5+/t7-,8?,9+,10-/m1/s1. The minimum atomic E-state index is -0.938. The summed E-state index contributed by atoms with van der Waals surface area (Å²) in [5, 5.41) is 22.0. The molecule has 7 nitrogen and oxygen atoms in total. The first kappa shape index (κ1) is 14.7. The molecule has 1 unspecified atom stereocenters. The summed E-state index contributed by atoms with van der Waals surface area (Å²) in [5.41, 5.74) is 0. The Morgan fingerprint density at radius 1 is 1.16 bits per heavy atom. The molecule has 2 rings (SSSR count). The predicted octanol–water partition coefficient (Wildman–Crippen LogP) is 0.479. The van der Waals surface area contributed by atoms with E-state index in [9.17, 15) is 5.11 Å². The lowest BCUT2D eigenvalue weighted by Crippen LogP contribution is -2.45. The molecule has 4 atom stereocenters. The second-order valence-corrected chi connectivity index (χ2v) is 5.69. The summed E-state index contributed by atoms with van der Waals surface area (Å²) < 4.78 is 22.2. The van der Waals surface area contributed by atoms with Gasteiger partial charge < -0.3 is 29.3 Å². The molecule has 7 heteroatoms. The quantitative estimate of drug-likeness (QED) is 0.442. The van der Waals surface area contributed by atoms with Crippen molar-refractivity contribution in [1.82, 2.24) is 0 Å². The molecule has 0 aromatic carbocycles. The molecule has 2 aliphatic heterocycles. The lowest BCUT2D eigenvalue weighted by atomic mass is 10.0. The number of ether oxygens (including phenoxy) is 4. The van der Waals surface area contributed by atoms with E-state index < -0.39 is 36.0 Å². The third kappa shape index (κ3) is 3.24. The predicted molar refractivity (Wildman–Crippen MR) is 65.0 cm³/mol. The van der Waals surface area contributed by atoms with Crippen LogP contribution in [-0.2, 0) is 18.9 Å². The van der Waals surface area contributed by atoms with Crippen molar-refractivity contribution in [3.05, 3.63) is 0 Å². The van der Waals surface area contributed by atoms with Crippen LogP contribution in [0.15, 0.2) is 5.16 Å². The van der Waals surface area contributed by atoms with Gasteiger partial charge in [-0.3, -0.25) is 0 Å². The maximum Gasteiger partial charge on any atom is 0.164 e. The first-order valence-corrected chi connectivity index (χ1v) is 6.27. The number of aliphatic hydroxyl groups is 1. The second-order valence-electron chi connectivity index (χ2n) is 5.69. The van der Waals surface area contributed by atoms with Crippen LogP contribution in [0.2, 0.25) is 0 Å². The van der Waals surface area contributed by atoms with Crippen LogP contribution in [0.1, 0.15) is 27.7 Å². The maximum absolute atomic E-state index is 10.4. The van der Waals surface area contributed by atoms with Gasteiger partial charge in [0.15, 0.2) is 11.6 Å². The van der Waals surface area contributed by atoms with Gasteiger partial charge in [0.05, 0.1) is 12.8 Å². The van der Waals surface area contributed by atoms with Crippen LogP contribution < -0.4 is 0 Å². The molecule has 0 aliphatic carbocycles. The molecule has 110 valence electrons. The van der Waals surface area contributed by atoms with Gasteiger partial charge in [-0.2, -0.15) is 0 Å². The third-order valence-corrected chi connectivity index (χ3v) is 3.13. The number of oxime groups is 1. The lowest BCUT2D eigenvalue weighted by molar-refractivity contribution is -0.178. The third-order valence-electron chi connectivity index (χ3n) is 3.13. The molecular formula is C12H21NO6. The summed E-state index contributed by atoms with van der Waals surface area (Å²) in [7, 11) is 0. The molecule has 0 bridgehead atoms. The average molecular weight is 275 g/mol. The summed E-state index contributed by atoms with van der Waals surface area (Å²) >= 11 is 0. The van der Waals surface area contributed by atoms with Crippen molar-refractivity contribution in [1.29, 1.82) is 0 Å². The van der Waals surface area contributed by atoms with E-state index >= 15 is 0 Å². The lowest BCUT2D eigenvalue weighted by Gasteiger charge is -2.25. The fourth-order valence-electron chi connectivity index (χ4n) is 2.36. The largest absolute Gasteiger partial charge is 0.411 e. The highest BCUT2D eigenvalue weighted by Crippen LogP contribution is 2.33. The van der Waals surface area contributed by atoms with Gasteiger partial charge in [0.1, 0.15) is 24.4 Å². The zero-order valence-electron chi connectivity index (χ0n) is 11.6. The fourth-order valence-corrected chi connectivity index (χ4v) is 2.36. The van der Waals surface area contributed by atoms with Gasteiger partial charge >= 0.3 is 0 Å². The Kier molecular flexibility index (Phi) is 3.85. The van der Waals surface area contributed by atoms with Crippen LogP contribution in [0.3, 0.4) is 0 Å². The van der Waals surface area contributed by atoms with Crippen LogP contribution >= 0.6 is 0 Å². The van der Waals surface area contributed by atoms with E-state index in [0.717, 1.165) is 0 Å². The Labute approximate surface area is 112 Å². The first-order valence-electron chi connectivity index (χ1n) is 6.27. The Balaban J connectivity index is 2.07. The summed E-state index contributed by atoms with van der Waals surface area (Å²) in [6.07, 6.45) is -1.56. The SMILES string of the molecule is CC1(C)OCC([C@H](O)[C@@H]2OC(C)(C)O[C@@H]2/C=N/O)O1. The Bertz CT molecular complexity index is 356. The average Bonchev–Trinajstić information content (AvgIpc) is 2.78. The molecule has 0 aromatic rings. The molecule has 2 N–H and O–H groups in total. The van der Waals surface area contributed by atoms with Crippen LogP contribution in [-0.4, -0.2) is 59.1 Å². The number of rotatable bonds is 3. The van der Waals surface area contributed by atoms with E-state index in [1.807, 2.05) is 0 Å². The monoisotopic (exact) mass is 275 g/mol. The highest BCUT2D eigenvalue weighted by molar-refractivity contribution is 5.64. The zero-order valence-corrected chi connectivity index (χ0v) is 11.6. The minimum Gasteiger partial charge on any atom is -0.411 e. The van der Waals surface area contributed by atoms with Crippen LogP contribution in [0, 0.1) is 0 Å². The van der Waals surface area contributed by atoms with Crippen molar-refractivity contribution in [3.8, 4) is 0 Å². The molecule has 0 aromatic heterocycles. The van der Waals surface area contributed by atoms with Gasteiger partial charge in [-0.1, -0.05) is 5.16 Å². The summed E-state index contributed by atoms with van der Waals surface area (Å²) in [6.45, 7) is 7.30. The Morgan fingerprint density at radius 3 is 2.37 bits per heavy atom. The smallest absolute Gasteiger partial charge is 0.164 e. The maximum atomic E-state index is 10.4. The van der Waals surface area contributed by atoms with E-state index in [0.29, 0.717) is 0 Å². The number of hydrogen-bond acceptors (Lipinski definition) is 7. The van der Waals surface area contributed by atoms with Gasteiger partial charge in [-0.05, 0) is 27.7 Å². The van der Waals surface area contributed by atoms with Gasteiger partial charge in [0.25, 0.3) is 0 Å². The molecule has 0 amide bonds. The molecule has 19 heavy (non-hydrogen) atoms. The van der Waals surface area contributed by atoms with Gasteiger partial charge in [0, 0.05) is 0 Å². The normalized spacial score (nSPS) is 38.9.